The van der Waals surface area contributed by atoms with Crippen molar-refractivity contribution < 1.29 is 31.5 Å². The van der Waals surface area contributed by atoms with Crippen molar-refractivity contribution in [3.05, 3.63) is 140 Å². The Hall–Kier alpha value is -2.86. The van der Waals surface area contributed by atoms with E-state index >= 15 is 0 Å². The molecule has 0 saturated carbocycles. The van der Waals surface area contributed by atoms with Crippen LogP contribution >= 0.6 is 15.6 Å². The summed E-state index contributed by atoms with van der Waals surface area (Å²) in [5.41, 5.74) is 15.1. The van der Waals surface area contributed by atoms with Crippen molar-refractivity contribution in [1.82, 2.24) is 0 Å². The summed E-state index contributed by atoms with van der Waals surface area (Å²) in [7, 11) is -8.99. The molecule has 0 radical (unpaired) electrons. The highest BCUT2D eigenvalue weighted by atomic mass is 31.3. The van der Waals surface area contributed by atoms with E-state index in [0.29, 0.717) is 0 Å². The summed E-state index contributed by atoms with van der Waals surface area (Å²) in [6.07, 6.45) is 40.8. The van der Waals surface area contributed by atoms with Crippen LogP contribution in [0, 0.1) is 0 Å². The second-order valence-electron chi connectivity index (χ2n) is 20.0. The zero-order chi connectivity index (χ0) is 52.1. The molecule has 0 bridgehead atoms. The molecule has 0 amide bonds. The number of hydrogen-bond acceptors (Lipinski definition) is 7. The maximum absolute atomic E-state index is 14.6. The van der Waals surface area contributed by atoms with Gasteiger partial charge in [-0.25, -0.2) is 9.13 Å². The van der Waals surface area contributed by atoms with Gasteiger partial charge in [0.05, 0.1) is 26.4 Å². The van der Waals surface area contributed by atoms with E-state index in [1.165, 1.54) is 44.6 Å². The molecule has 392 valence electrons. The normalized spacial score (nSPS) is 14.7. The van der Waals surface area contributed by atoms with Gasteiger partial charge in [-0.1, -0.05) is 140 Å². The number of rotatable bonds is 38. The van der Waals surface area contributed by atoms with Gasteiger partial charge in [-0.3, -0.25) is 18.1 Å². The Morgan fingerprint density at radius 1 is 0.261 bits per heavy atom. The molecule has 0 aliphatic heterocycles. The van der Waals surface area contributed by atoms with Gasteiger partial charge in [0.25, 0.3) is 0 Å². The van der Waals surface area contributed by atoms with E-state index in [4.69, 9.17) is 22.4 Å². The highest BCUT2D eigenvalue weighted by Gasteiger charge is 2.40. The van der Waals surface area contributed by atoms with Crippen LogP contribution in [-0.4, -0.2) is 26.4 Å². The Bertz CT molecular complexity index is 1690. The van der Waals surface area contributed by atoms with Gasteiger partial charge in [-0.15, -0.1) is 0 Å². The zero-order valence-electron chi connectivity index (χ0n) is 46.8. The number of hydrogen-bond donors (Lipinski definition) is 0. The third-order valence-electron chi connectivity index (χ3n) is 11.3. The number of allylic oxidation sites excluding steroid dienone is 20. The van der Waals surface area contributed by atoms with Gasteiger partial charge in [-0.05, 0) is 214 Å². The second kappa shape index (κ2) is 39.7. The lowest BCUT2D eigenvalue weighted by molar-refractivity contribution is 0.130. The van der Waals surface area contributed by atoms with Gasteiger partial charge in [0.1, 0.15) is 0 Å². The average molecular weight is 995 g/mol. The highest BCUT2D eigenvalue weighted by Crippen LogP contribution is 2.66. The van der Waals surface area contributed by atoms with E-state index in [1.807, 2.05) is 52.0 Å². The molecule has 0 aromatic rings. The standard InChI is InChI=1S/C60H100O7P2/c1-49(2)25-17-29-53(9)33-21-37-57(13)41-45-63-68(61,64-46-42-58(14)38-22-34-54(10)30-18-26-50(3)4)67-69(62,65-47-43-59(15)39-23-35-55(11)31-19-27-51(5)6)66-48-44-60(16)40-24-36-56(12)32-20-28-52(7)8/h25-28,33-36,41-44H,17-24,29-32,37-40,45-48H2,1-16H3/b53-33+,54-34+,55-35+,56-36+,57-41+,58-42+,59-43+,60-44+. The lowest BCUT2D eigenvalue weighted by atomic mass is 10.1. The van der Waals surface area contributed by atoms with Gasteiger partial charge >= 0.3 is 15.6 Å². The first kappa shape index (κ1) is 66.1. The van der Waals surface area contributed by atoms with Crippen molar-refractivity contribution >= 4 is 15.6 Å². The van der Waals surface area contributed by atoms with E-state index < -0.39 is 15.6 Å². The molecule has 0 rings (SSSR count). The van der Waals surface area contributed by atoms with Gasteiger partial charge < -0.3 is 0 Å². The lowest BCUT2D eigenvalue weighted by Gasteiger charge is -2.22. The van der Waals surface area contributed by atoms with Crippen LogP contribution in [0.25, 0.3) is 0 Å². The molecule has 0 heterocycles. The Balaban J connectivity index is 6.41. The molecule has 0 aliphatic rings. The number of phosphoric acid groups is 2. The van der Waals surface area contributed by atoms with Gasteiger partial charge in [-0.2, -0.15) is 4.31 Å². The van der Waals surface area contributed by atoms with Crippen LogP contribution in [0.5, 0.6) is 0 Å². The minimum atomic E-state index is -4.50. The Morgan fingerprint density at radius 3 is 0.594 bits per heavy atom. The smallest absolute Gasteiger partial charge is 0.282 e. The largest absolute Gasteiger partial charge is 0.484 e. The van der Waals surface area contributed by atoms with Crippen LogP contribution in [0.3, 0.4) is 0 Å². The van der Waals surface area contributed by atoms with Crippen LogP contribution < -0.4 is 0 Å². The topological polar surface area (TPSA) is 80.3 Å². The van der Waals surface area contributed by atoms with Crippen molar-refractivity contribution in [3.63, 3.8) is 0 Å². The van der Waals surface area contributed by atoms with E-state index in [0.717, 1.165) is 125 Å². The summed E-state index contributed by atoms with van der Waals surface area (Å²) >= 11 is 0. The summed E-state index contributed by atoms with van der Waals surface area (Å²) in [4.78, 5) is 0. The fourth-order valence-electron chi connectivity index (χ4n) is 6.73. The molecule has 0 unspecified atom stereocenters. The first-order valence-corrected chi connectivity index (χ1v) is 28.7. The molecule has 9 heteroatoms. The molecule has 0 N–H and O–H groups in total. The molecular formula is C60H100O7P2. The summed E-state index contributed by atoms with van der Waals surface area (Å²) in [6, 6.07) is 0. The maximum Gasteiger partial charge on any atom is 0.484 e. The molecule has 0 fully saturated rings. The fraction of sp³-hybridized carbons (Fsp3) is 0.600. The summed E-state index contributed by atoms with van der Waals surface area (Å²) < 4.78 is 58.7. The molecule has 0 aromatic heterocycles. The van der Waals surface area contributed by atoms with Crippen LogP contribution in [0.1, 0.15) is 214 Å². The molecule has 0 atom stereocenters. The average Bonchev–Trinajstić information content (AvgIpc) is 3.23. The fourth-order valence-corrected chi connectivity index (χ4v) is 9.64. The molecule has 69 heavy (non-hydrogen) atoms. The predicted molar refractivity (Wildman–Crippen MR) is 302 cm³/mol. The second-order valence-corrected chi connectivity index (χ2v) is 23.5. The first-order chi connectivity index (χ1) is 32.5. The molecule has 0 saturated heterocycles. The number of phosphoric ester groups is 2. The van der Waals surface area contributed by atoms with E-state index in [2.05, 4.69) is 132 Å². The Morgan fingerprint density at radius 2 is 0.420 bits per heavy atom. The first-order valence-electron chi connectivity index (χ1n) is 25.8. The molecule has 0 aromatic carbocycles. The Kier molecular flexibility index (Phi) is 38.1. The molecule has 0 spiro atoms. The van der Waals surface area contributed by atoms with Crippen molar-refractivity contribution in [2.24, 2.45) is 0 Å². The van der Waals surface area contributed by atoms with Crippen molar-refractivity contribution in [2.45, 2.75) is 214 Å². The third kappa shape index (κ3) is 41.5. The molecular weight excluding hydrogens is 895 g/mol. The maximum atomic E-state index is 14.6. The van der Waals surface area contributed by atoms with Crippen molar-refractivity contribution in [3.8, 4) is 0 Å². The molecule has 0 aliphatic carbocycles. The van der Waals surface area contributed by atoms with Crippen LogP contribution in [-0.2, 0) is 31.5 Å². The zero-order valence-corrected chi connectivity index (χ0v) is 48.6. The predicted octanol–water partition coefficient (Wildman–Crippen LogP) is 21.0. The van der Waals surface area contributed by atoms with Crippen molar-refractivity contribution in [1.29, 1.82) is 0 Å². The minimum Gasteiger partial charge on any atom is -0.282 e. The minimum absolute atomic E-state index is 0.0630. The van der Waals surface area contributed by atoms with Crippen LogP contribution in [0.2, 0.25) is 0 Å². The highest BCUT2D eigenvalue weighted by molar-refractivity contribution is 7.62. The summed E-state index contributed by atoms with van der Waals surface area (Å²) in [5, 5.41) is 0. The monoisotopic (exact) mass is 995 g/mol. The van der Waals surface area contributed by atoms with E-state index in [9.17, 15) is 9.13 Å². The quantitative estimate of drug-likeness (QED) is 0.0450. The third-order valence-corrected chi connectivity index (χ3v) is 14.8. The van der Waals surface area contributed by atoms with E-state index in [-0.39, 0.29) is 26.4 Å². The van der Waals surface area contributed by atoms with Gasteiger partial charge in [0.2, 0.25) is 0 Å². The molecule has 7 nitrogen and oxygen atoms in total. The summed E-state index contributed by atoms with van der Waals surface area (Å²) in [6.45, 7) is 33.5. The van der Waals surface area contributed by atoms with Crippen LogP contribution in [0.4, 0.5) is 0 Å². The summed E-state index contributed by atoms with van der Waals surface area (Å²) in [5.74, 6) is 0. The Labute approximate surface area is 425 Å². The lowest BCUT2D eigenvalue weighted by Crippen LogP contribution is -2.05. The SMILES string of the molecule is CC(C)=CCC/C(C)=C/CC/C(C)=C/COP(=O)(OC/C=C(\C)CC/C=C(\C)CCC=C(C)C)OP(=O)(OC/C=C(\C)CC/C=C(\C)CCC=C(C)C)OC/C=C(\C)CC/C=C(\C)CCC=C(C)C. The van der Waals surface area contributed by atoms with Crippen molar-refractivity contribution in [2.75, 3.05) is 26.4 Å². The van der Waals surface area contributed by atoms with Crippen LogP contribution in [0.15, 0.2) is 140 Å². The van der Waals surface area contributed by atoms with E-state index in [1.54, 1.807) is 0 Å². The van der Waals surface area contributed by atoms with Gasteiger partial charge in [0, 0.05) is 0 Å². The van der Waals surface area contributed by atoms with Gasteiger partial charge in [0.15, 0.2) is 0 Å².